The fourth-order valence-electron chi connectivity index (χ4n) is 3.24. The van der Waals surface area contributed by atoms with Gasteiger partial charge in [0.25, 0.3) is 0 Å². The molecular formula is C25H23N3O3. The van der Waals surface area contributed by atoms with Crippen LogP contribution in [0.5, 0.6) is 5.75 Å². The molecule has 2 N–H and O–H groups in total. The van der Waals surface area contributed by atoms with Crippen molar-refractivity contribution >= 4 is 12.0 Å². The maximum atomic E-state index is 12.3. The third-order valence-corrected chi connectivity index (χ3v) is 4.80. The molecule has 3 aromatic carbocycles. The number of anilines is 1. The molecule has 4 aromatic rings. The smallest absolute Gasteiger partial charge is 0.414 e. The van der Waals surface area contributed by atoms with Gasteiger partial charge in [0.15, 0.2) is 0 Å². The lowest BCUT2D eigenvalue weighted by Crippen LogP contribution is -2.14. The van der Waals surface area contributed by atoms with Gasteiger partial charge in [-0.05, 0) is 35.4 Å². The first-order chi connectivity index (χ1) is 15.2. The molecule has 0 aliphatic heterocycles. The monoisotopic (exact) mass is 413 g/mol. The number of methoxy groups -OCH3 is 1. The molecule has 0 bridgehead atoms. The third-order valence-electron chi connectivity index (χ3n) is 4.80. The lowest BCUT2D eigenvalue weighted by atomic mass is 10.0. The number of ether oxygens (including phenoxy) is 2. The van der Waals surface area contributed by atoms with E-state index in [9.17, 15) is 4.79 Å². The molecule has 0 radical (unpaired) electrons. The van der Waals surface area contributed by atoms with Gasteiger partial charge in [0.2, 0.25) is 5.95 Å². The van der Waals surface area contributed by atoms with E-state index in [2.05, 4.69) is 27.4 Å². The molecule has 6 heteroatoms. The van der Waals surface area contributed by atoms with Crippen molar-refractivity contribution in [2.45, 2.75) is 13.0 Å². The minimum absolute atomic E-state index is 0.190. The minimum atomic E-state index is -0.565. The quantitative estimate of drug-likeness (QED) is 0.424. The summed E-state index contributed by atoms with van der Waals surface area (Å²) in [6.45, 7) is 0.190. The highest BCUT2D eigenvalue weighted by Crippen LogP contribution is 2.27. The Hall–Kier alpha value is -4.06. The van der Waals surface area contributed by atoms with Gasteiger partial charge in [-0.2, -0.15) is 0 Å². The topological polar surface area (TPSA) is 76.2 Å². The van der Waals surface area contributed by atoms with Gasteiger partial charge in [0.1, 0.15) is 12.4 Å². The minimum Gasteiger partial charge on any atom is -0.497 e. The second kappa shape index (κ2) is 9.63. The average molecular weight is 413 g/mol. The Bertz CT molecular complexity index is 1120. The number of hydrogen-bond donors (Lipinski definition) is 2. The van der Waals surface area contributed by atoms with E-state index in [0.717, 1.165) is 33.8 Å². The van der Waals surface area contributed by atoms with Crippen molar-refractivity contribution in [3.05, 3.63) is 102 Å². The van der Waals surface area contributed by atoms with Crippen LogP contribution in [0.2, 0.25) is 0 Å². The van der Waals surface area contributed by atoms with Gasteiger partial charge in [-0.3, -0.25) is 5.32 Å². The second-order valence-electron chi connectivity index (χ2n) is 6.99. The summed E-state index contributed by atoms with van der Waals surface area (Å²) in [7, 11) is 1.63. The van der Waals surface area contributed by atoms with Crippen LogP contribution in [0.1, 0.15) is 16.8 Å². The van der Waals surface area contributed by atoms with Crippen molar-refractivity contribution in [2.75, 3.05) is 12.4 Å². The molecule has 0 aliphatic carbocycles. The molecule has 4 rings (SSSR count). The third kappa shape index (κ3) is 5.30. The van der Waals surface area contributed by atoms with Crippen LogP contribution < -0.4 is 10.1 Å². The number of carbonyl (C=O) groups is 1. The number of nitrogens with one attached hydrogen (secondary N) is 2. The lowest BCUT2D eigenvalue weighted by Gasteiger charge is -2.05. The molecular weight excluding hydrogens is 390 g/mol. The molecule has 0 unspecified atom stereocenters. The zero-order valence-electron chi connectivity index (χ0n) is 17.2. The number of H-pyrrole nitrogens is 1. The lowest BCUT2D eigenvalue weighted by molar-refractivity contribution is 0.155. The molecule has 0 aliphatic rings. The van der Waals surface area contributed by atoms with Crippen molar-refractivity contribution in [2.24, 2.45) is 0 Å². The predicted molar refractivity (Wildman–Crippen MR) is 120 cm³/mol. The molecule has 0 fully saturated rings. The molecule has 31 heavy (non-hydrogen) atoms. The summed E-state index contributed by atoms with van der Waals surface area (Å²) >= 11 is 0. The fraction of sp³-hybridized carbons (Fsp3) is 0.120. The number of carbonyl (C=O) groups excluding carboxylic acids is 1. The molecule has 0 saturated carbocycles. The second-order valence-corrected chi connectivity index (χ2v) is 6.99. The Morgan fingerprint density at radius 1 is 0.903 bits per heavy atom. The number of aromatic nitrogens is 2. The number of hydrogen-bond acceptors (Lipinski definition) is 4. The van der Waals surface area contributed by atoms with Crippen molar-refractivity contribution in [1.29, 1.82) is 0 Å². The normalized spacial score (nSPS) is 10.5. The molecule has 1 heterocycles. The summed E-state index contributed by atoms with van der Waals surface area (Å²) in [6.07, 6.45) is 0.0841. The van der Waals surface area contributed by atoms with Crippen LogP contribution in [-0.2, 0) is 17.8 Å². The average Bonchev–Trinajstić information content (AvgIpc) is 3.21. The summed E-state index contributed by atoms with van der Waals surface area (Å²) in [5.74, 6) is 1.11. The summed E-state index contributed by atoms with van der Waals surface area (Å²) < 4.78 is 10.6. The van der Waals surface area contributed by atoms with Gasteiger partial charge in [0, 0.05) is 17.7 Å². The maximum Gasteiger partial charge on any atom is 0.414 e. The fourth-order valence-corrected chi connectivity index (χ4v) is 3.24. The Balaban J connectivity index is 1.54. The number of nitrogens with zero attached hydrogens (tertiary/aromatic N) is 1. The van der Waals surface area contributed by atoms with Gasteiger partial charge in [0.05, 0.1) is 12.8 Å². The van der Waals surface area contributed by atoms with Crippen LogP contribution in [0.15, 0.2) is 84.9 Å². The van der Waals surface area contributed by atoms with Crippen LogP contribution in [0, 0.1) is 0 Å². The number of benzene rings is 3. The van der Waals surface area contributed by atoms with Gasteiger partial charge in [-0.1, -0.05) is 60.7 Å². The first-order valence-electron chi connectivity index (χ1n) is 9.96. The SMILES string of the molecule is COc1ccc(-c2nc(NC(=O)OCc3ccccc3)[nH]c2Cc2ccccc2)cc1. The van der Waals surface area contributed by atoms with Crippen LogP contribution >= 0.6 is 0 Å². The van der Waals surface area contributed by atoms with Gasteiger partial charge in [-0.15, -0.1) is 0 Å². The highest BCUT2D eigenvalue weighted by atomic mass is 16.5. The number of aromatic amines is 1. The summed E-state index contributed by atoms with van der Waals surface area (Å²) in [5, 5.41) is 2.70. The van der Waals surface area contributed by atoms with Crippen molar-refractivity contribution < 1.29 is 14.3 Å². The number of imidazole rings is 1. The highest BCUT2D eigenvalue weighted by Gasteiger charge is 2.15. The summed E-state index contributed by atoms with van der Waals surface area (Å²) in [4.78, 5) is 20.1. The van der Waals surface area contributed by atoms with Crippen molar-refractivity contribution in [1.82, 2.24) is 9.97 Å². The molecule has 0 saturated heterocycles. The van der Waals surface area contributed by atoms with Crippen LogP contribution in [-0.4, -0.2) is 23.2 Å². The van der Waals surface area contributed by atoms with E-state index >= 15 is 0 Å². The van der Waals surface area contributed by atoms with E-state index in [4.69, 9.17) is 9.47 Å². The first kappa shape index (κ1) is 20.2. The predicted octanol–water partition coefficient (Wildman–Crippen LogP) is 5.42. The zero-order chi connectivity index (χ0) is 21.5. The Morgan fingerprint density at radius 2 is 1.55 bits per heavy atom. The van der Waals surface area contributed by atoms with Gasteiger partial charge in [-0.25, -0.2) is 9.78 Å². The van der Waals surface area contributed by atoms with E-state index in [1.807, 2.05) is 72.8 Å². The number of amides is 1. The molecule has 156 valence electrons. The Morgan fingerprint density at radius 3 is 2.19 bits per heavy atom. The number of rotatable bonds is 7. The summed E-state index contributed by atoms with van der Waals surface area (Å²) in [6, 6.07) is 27.3. The molecule has 1 amide bonds. The van der Waals surface area contributed by atoms with Crippen LogP contribution in [0.4, 0.5) is 10.7 Å². The molecule has 0 atom stereocenters. The van der Waals surface area contributed by atoms with E-state index in [1.165, 1.54) is 0 Å². The van der Waals surface area contributed by atoms with Crippen molar-refractivity contribution in [3.8, 4) is 17.0 Å². The highest BCUT2D eigenvalue weighted by molar-refractivity contribution is 5.83. The maximum absolute atomic E-state index is 12.3. The Kier molecular flexibility index (Phi) is 6.28. The first-order valence-corrected chi connectivity index (χ1v) is 9.96. The zero-order valence-corrected chi connectivity index (χ0v) is 17.2. The van der Waals surface area contributed by atoms with E-state index < -0.39 is 6.09 Å². The van der Waals surface area contributed by atoms with Crippen LogP contribution in [0.25, 0.3) is 11.3 Å². The van der Waals surface area contributed by atoms with E-state index in [1.54, 1.807) is 7.11 Å². The molecule has 6 nitrogen and oxygen atoms in total. The molecule has 1 aromatic heterocycles. The van der Waals surface area contributed by atoms with E-state index in [0.29, 0.717) is 12.4 Å². The Labute approximate surface area is 180 Å². The molecule has 0 spiro atoms. The van der Waals surface area contributed by atoms with Gasteiger partial charge >= 0.3 is 6.09 Å². The largest absolute Gasteiger partial charge is 0.497 e. The summed E-state index contributed by atoms with van der Waals surface area (Å²) in [5.41, 5.74) is 4.65. The van der Waals surface area contributed by atoms with Crippen LogP contribution in [0.3, 0.4) is 0 Å². The van der Waals surface area contributed by atoms with Crippen molar-refractivity contribution in [3.63, 3.8) is 0 Å². The van der Waals surface area contributed by atoms with Gasteiger partial charge < -0.3 is 14.5 Å². The standard InChI is InChI=1S/C25H23N3O3/c1-30-21-14-12-20(13-15-21)23-22(16-18-8-4-2-5-9-18)26-24(27-23)28-25(29)31-17-19-10-6-3-7-11-19/h2-15H,16-17H2,1H3,(H2,26,27,28,29). The van der Waals surface area contributed by atoms with E-state index in [-0.39, 0.29) is 6.61 Å².